The van der Waals surface area contributed by atoms with Gasteiger partial charge in [0.05, 0.1) is 25.7 Å². The molecule has 6 heteroatoms. The minimum atomic E-state index is -0.0599. The number of piperidine rings is 1. The van der Waals surface area contributed by atoms with Crippen molar-refractivity contribution in [2.75, 3.05) is 50.9 Å². The zero-order valence-corrected chi connectivity index (χ0v) is 19.7. The molecule has 4 rings (SSSR count). The number of rotatable bonds is 8. The molecule has 0 unspecified atom stereocenters. The topological polar surface area (TPSA) is 42.0 Å². The summed E-state index contributed by atoms with van der Waals surface area (Å²) in [6, 6.07) is 14.8. The van der Waals surface area contributed by atoms with Crippen LogP contribution < -0.4 is 4.90 Å². The van der Waals surface area contributed by atoms with Crippen molar-refractivity contribution in [1.82, 2.24) is 4.90 Å². The van der Waals surface area contributed by atoms with Crippen LogP contribution in [0.3, 0.4) is 0 Å². The molecule has 2 aliphatic rings. The van der Waals surface area contributed by atoms with Crippen molar-refractivity contribution in [3.05, 3.63) is 58.6 Å². The lowest BCUT2D eigenvalue weighted by molar-refractivity contribution is -0.150. The Hall–Kier alpha value is -2.08. The van der Waals surface area contributed by atoms with Crippen molar-refractivity contribution < 1.29 is 14.3 Å². The predicted molar refractivity (Wildman–Crippen MR) is 129 cm³/mol. The van der Waals surface area contributed by atoms with Gasteiger partial charge in [-0.25, -0.2) is 0 Å². The normalized spacial score (nSPS) is 18.6. The first-order chi connectivity index (χ1) is 15.7. The first-order valence-corrected chi connectivity index (χ1v) is 12.1. The quantitative estimate of drug-likeness (QED) is 0.419. The van der Waals surface area contributed by atoms with E-state index in [1.807, 2.05) is 13.0 Å². The monoisotopic (exact) mass is 456 g/mol. The lowest BCUT2D eigenvalue weighted by atomic mass is 9.98. The van der Waals surface area contributed by atoms with Gasteiger partial charge >= 0.3 is 5.97 Å². The molecule has 0 amide bonds. The van der Waals surface area contributed by atoms with Crippen LogP contribution in [0.1, 0.15) is 30.9 Å². The van der Waals surface area contributed by atoms with Crippen molar-refractivity contribution in [2.45, 2.75) is 32.6 Å². The van der Waals surface area contributed by atoms with E-state index < -0.39 is 0 Å². The number of benzene rings is 2. The summed E-state index contributed by atoms with van der Waals surface area (Å²) in [5.74, 6) is -0.0613. The fourth-order valence-corrected chi connectivity index (χ4v) is 4.95. The molecule has 1 saturated heterocycles. The highest BCUT2D eigenvalue weighted by molar-refractivity contribution is 6.30. The van der Waals surface area contributed by atoms with Crippen LogP contribution in [-0.4, -0.2) is 56.9 Å². The molecule has 32 heavy (non-hydrogen) atoms. The fourth-order valence-electron chi connectivity index (χ4n) is 4.79. The van der Waals surface area contributed by atoms with Gasteiger partial charge < -0.3 is 19.3 Å². The summed E-state index contributed by atoms with van der Waals surface area (Å²) in [5.41, 5.74) is 5.10. The van der Waals surface area contributed by atoms with Gasteiger partial charge in [0.2, 0.25) is 0 Å². The highest BCUT2D eigenvalue weighted by Crippen LogP contribution is 2.37. The largest absolute Gasteiger partial charge is 0.466 e. The number of likely N-dealkylation sites (tertiary alicyclic amines) is 1. The predicted octanol–water partition coefficient (Wildman–Crippen LogP) is 4.87. The van der Waals surface area contributed by atoms with Crippen LogP contribution in [0.4, 0.5) is 11.4 Å². The van der Waals surface area contributed by atoms with E-state index in [-0.39, 0.29) is 11.9 Å². The number of anilines is 2. The molecule has 0 saturated carbocycles. The Morgan fingerprint density at radius 1 is 1.06 bits per heavy atom. The number of fused-ring (bicyclic) bond motifs is 2. The average Bonchev–Trinajstić information content (AvgIpc) is 2.96. The van der Waals surface area contributed by atoms with Crippen molar-refractivity contribution >= 4 is 28.9 Å². The van der Waals surface area contributed by atoms with Gasteiger partial charge in [0, 0.05) is 36.0 Å². The lowest BCUT2D eigenvalue weighted by Gasteiger charge is -2.31. The summed E-state index contributed by atoms with van der Waals surface area (Å²) in [7, 11) is 0. The smallest absolute Gasteiger partial charge is 0.310 e. The standard InChI is InChI=1S/C26H33ClN2O3/c1-2-32-26(30)22-7-5-13-28(19-22)14-16-31-17-15-29-24-8-4-3-6-20(24)9-10-21-11-12-23(27)18-25(21)29/h3-4,6,8,11-12,18,22H,2,5,7,9-10,13-17,19H2,1H3/t22-/m1/s1. The first kappa shape index (κ1) is 23.1. The summed E-state index contributed by atoms with van der Waals surface area (Å²) < 4.78 is 11.3. The van der Waals surface area contributed by atoms with Crippen LogP contribution in [0.15, 0.2) is 42.5 Å². The Bertz CT molecular complexity index is 920. The van der Waals surface area contributed by atoms with E-state index in [2.05, 4.69) is 46.2 Å². The number of carbonyl (C=O) groups excluding carboxylic acids is 1. The second-order valence-corrected chi connectivity index (χ2v) is 8.99. The minimum Gasteiger partial charge on any atom is -0.466 e. The fraction of sp³-hybridized carbons (Fsp3) is 0.500. The average molecular weight is 457 g/mol. The summed E-state index contributed by atoms with van der Waals surface area (Å²) >= 11 is 6.35. The Kier molecular flexibility index (Phi) is 8.06. The number of carbonyl (C=O) groups is 1. The van der Waals surface area contributed by atoms with Crippen molar-refractivity contribution in [1.29, 1.82) is 0 Å². The number of ether oxygens (including phenoxy) is 2. The van der Waals surface area contributed by atoms with E-state index in [0.717, 1.165) is 56.9 Å². The molecule has 0 aromatic heterocycles. The van der Waals surface area contributed by atoms with Gasteiger partial charge in [-0.1, -0.05) is 35.9 Å². The maximum atomic E-state index is 12.1. The van der Waals surface area contributed by atoms with Gasteiger partial charge in [-0.2, -0.15) is 0 Å². The molecule has 2 heterocycles. The highest BCUT2D eigenvalue weighted by Gasteiger charge is 2.26. The molecule has 2 aromatic rings. The molecule has 0 aliphatic carbocycles. The van der Waals surface area contributed by atoms with E-state index in [0.29, 0.717) is 19.8 Å². The summed E-state index contributed by atoms with van der Waals surface area (Å²) in [5, 5.41) is 0.760. The molecule has 0 spiro atoms. The number of nitrogens with zero attached hydrogens (tertiary/aromatic N) is 2. The maximum Gasteiger partial charge on any atom is 0.310 e. The second-order valence-electron chi connectivity index (χ2n) is 8.56. The van der Waals surface area contributed by atoms with E-state index in [9.17, 15) is 4.79 Å². The van der Waals surface area contributed by atoms with Gasteiger partial charge in [-0.3, -0.25) is 4.79 Å². The zero-order chi connectivity index (χ0) is 22.3. The maximum absolute atomic E-state index is 12.1. The van der Waals surface area contributed by atoms with Gasteiger partial charge in [0.15, 0.2) is 0 Å². The highest BCUT2D eigenvalue weighted by atomic mass is 35.5. The van der Waals surface area contributed by atoms with Crippen LogP contribution in [0, 0.1) is 5.92 Å². The third-order valence-corrected chi connectivity index (χ3v) is 6.66. The number of esters is 1. The van der Waals surface area contributed by atoms with Crippen LogP contribution in [0.5, 0.6) is 0 Å². The molecule has 5 nitrogen and oxygen atoms in total. The Labute approximate surface area is 196 Å². The number of aryl methyl sites for hydroxylation is 2. The van der Waals surface area contributed by atoms with Crippen LogP contribution in [0.25, 0.3) is 0 Å². The van der Waals surface area contributed by atoms with Crippen LogP contribution in [0.2, 0.25) is 5.02 Å². The summed E-state index contributed by atoms with van der Waals surface area (Å²) in [6.07, 6.45) is 3.99. The van der Waals surface area contributed by atoms with E-state index in [4.69, 9.17) is 21.1 Å². The van der Waals surface area contributed by atoms with Gasteiger partial charge in [0.1, 0.15) is 0 Å². The minimum absolute atomic E-state index is 0.00134. The SMILES string of the molecule is CCOC(=O)[C@@H]1CCCN(CCOCCN2c3ccccc3CCc3ccc(Cl)cc32)C1. The van der Waals surface area contributed by atoms with E-state index in [1.54, 1.807) is 0 Å². The molecule has 0 radical (unpaired) electrons. The lowest BCUT2D eigenvalue weighted by Crippen LogP contribution is -2.41. The third-order valence-electron chi connectivity index (χ3n) is 6.42. The van der Waals surface area contributed by atoms with Gasteiger partial charge in [0.25, 0.3) is 0 Å². The summed E-state index contributed by atoms with van der Waals surface area (Å²) in [6.45, 7) is 7.01. The van der Waals surface area contributed by atoms with Crippen LogP contribution in [-0.2, 0) is 27.1 Å². The van der Waals surface area contributed by atoms with Crippen LogP contribution >= 0.6 is 11.6 Å². The molecule has 2 aromatic carbocycles. The Balaban J connectivity index is 1.32. The Morgan fingerprint density at radius 2 is 1.84 bits per heavy atom. The zero-order valence-electron chi connectivity index (χ0n) is 18.9. The summed E-state index contributed by atoms with van der Waals surface area (Å²) in [4.78, 5) is 16.7. The molecular formula is C26H33ClN2O3. The van der Waals surface area contributed by atoms with E-state index >= 15 is 0 Å². The van der Waals surface area contributed by atoms with Gasteiger partial charge in [-0.15, -0.1) is 0 Å². The Morgan fingerprint density at radius 3 is 2.69 bits per heavy atom. The van der Waals surface area contributed by atoms with Crippen molar-refractivity contribution in [3.8, 4) is 0 Å². The molecular weight excluding hydrogens is 424 g/mol. The number of para-hydroxylation sites is 1. The molecule has 172 valence electrons. The van der Waals surface area contributed by atoms with Crippen molar-refractivity contribution in [2.24, 2.45) is 5.92 Å². The van der Waals surface area contributed by atoms with E-state index in [1.165, 1.54) is 22.5 Å². The number of halogens is 1. The molecule has 0 bridgehead atoms. The first-order valence-electron chi connectivity index (χ1n) is 11.8. The molecule has 0 N–H and O–H groups in total. The number of hydrogen-bond acceptors (Lipinski definition) is 5. The van der Waals surface area contributed by atoms with Crippen molar-refractivity contribution in [3.63, 3.8) is 0 Å². The van der Waals surface area contributed by atoms with Gasteiger partial charge in [-0.05, 0) is 68.5 Å². The third kappa shape index (κ3) is 5.64. The molecule has 1 atom stereocenters. The second kappa shape index (κ2) is 11.2. The number of hydrogen-bond donors (Lipinski definition) is 0. The molecule has 1 fully saturated rings. The molecule has 2 aliphatic heterocycles.